The summed E-state index contributed by atoms with van der Waals surface area (Å²) in [7, 11) is 0. The highest BCUT2D eigenvalue weighted by atomic mass is 32.1. The molecule has 2 heterocycles. The first-order chi connectivity index (χ1) is 6.45. The third-order valence-corrected chi connectivity index (χ3v) is 2.18. The van der Waals surface area contributed by atoms with Crippen LogP contribution in [0.1, 0.15) is 5.56 Å². The van der Waals surface area contributed by atoms with Crippen LogP contribution >= 0.6 is 11.3 Å². The zero-order valence-corrected chi connectivity index (χ0v) is 7.66. The Kier molecular flexibility index (Phi) is 2.52. The monoisotopic (exact) mass is 190 g/mol. The molecule has 2 aromatic heterocycles. The van der Waals surface area contributed by atoms with Gasteiger partial charge in [0.2, 0.25) is 0 Å². The third-order valence-electron chi connectivity index (χ3n) is 1.48. The van der Waals surface area contributed by atoms with Crippen LogP contribution in [0.4, 0.5) is 5.13 Å². The molecule has 0 amide bonds. The Morgan fingerprint density at radius 2 is 2.38 bits per heavy atom. The second kappa shape index (κ2) is 4.00. The molecule has 0 aromatic carbocycles. The molecule has 0 saturated carbocycles. The van der Waals surface area contributed by atoms with Crippen molar-refractivity contribution in [2.45, 2.75) is 0 Å². The Labute approximate surface area is 80.5 Å². The van der Waals surface area contributed by atoms with Crippen molar-refractivity contribution in [3.05, 3.63) is 48.2 Å². The quantitative estimate of drug-likeness (QED) is 0.806. The molecule has 0 saturated heterocycles. The van der Waals surface area contributed by atoms with E-state index in [-0.39, 0.29) is 0 Å². The van der Waals surface area contributed by atoms with E-state index < -0.39 is 0 Å². The van der Waals surface area contributed by atoms with E-state index >= 15 is 0 Å². The summed E-state index contributed by atoms with van der Waals surface area (Å²) in [6.07, 6.45) is 5.31. The number of nitrogens with zero attached hydrogens (tertiary/aromatic N) is 2. The highest BCUT2D eigenvalue weighted by molar-refractivity contribution is 7.13. The summed E-state index contributed by atoms with van der Waals surface area (Å²) in [5.41, 5.74) is 1.04. The van der Waals surface area contributed by atoms with Gasteiger partial charge in [0, 0.05) is 24.0 Å². The zero-order valence-electron chi connectivity index (χ0n) is 6.84. The van der Waals surface area contributed by atoms with Crippen LogP contribution in [-0.2, 0) is 0 Å². The fourth-order valence-corrected chi connectivity index (χ4v) is 1.40. The zero-order chi connectivity index (χ0) is 8.93. The molecule has 0 bridgehead atoms. The number of thiazole rings is 1. The van der Waals surface area contributed by atoms with E-state index in [4.69, 9.17) is 0 Å². The van der Waals surface area contributed by atoms with E-state index in [1.54, 1.807) is 29.9 Å². The predicted octanol–water partition coefficient (Wildman–Crippen LogP) is 2.16. The molecule has 0 aliphatic rings. The minimum Gasteiger partial charge on any atom is -0.352 e. The number of rotatable bonds is 3. The van der Waals surface area contributed by atoms with Crippen LogP contribution < -0.4 is 5.32 Å². The average Bonchev–Trinajstić information content (AvgIpc) is 2.69. The second-order valence-electron chi connectivity index (χ2n) is 2.41. The Balaban J connectivity index is 1.94. The standard InChI is InChI=1S/C9H8N3S/c1-2-8(6-10-3-1)7-12-9-11-4-5-13-9/h1-7H,(H,11,12). The van der Waals surface area contributed by atoms with Gasteiger partial charge < -0.3 is 5.32 Å². The van der Waals surface area contributed by atoms with Crippen LogP contribution in [0, 0.1) is 6.54 Å². The summed E-state index contributed by atoms with van der Waals surface area (Å²) in [5.74, 6) is 0. The summed E-state index contributed by atoms with van der Waals surface area (Å²) in [4.78, 5) is 8.08. The van der Waals surface area contributed by atoms with Crippen molar-refractivity contribution in [1.82, 2.24) is 9.97 Å². The first-order valence-corrected chi connectivity index (χ1v) is 4.72. The van der Waals surface area contributed by atoms with Crippen molar-refractivity contribution in [3.63, 3.8) is 0 Å². The Bertz CT molecular complexity index is 344. The van der Waals surface area contributed by atoms with E-state index in [0.717, 1.165) is 10.7 Å². The third kappa shape index (κ3) is 2.26. The molecule has 2 rings (SSSR count). The van der Waals surface area contributed by atoms with Gasteiger partial charge in [-0.25, -0.2) is 4.98 Å². The van der Waals surface area contributed by atoms with Gasteiger partial charge in [0.25, 0.3) is 0 Å². The second-order valence-corrected chi connectivity index (χ2v) is 3.31. The van der Waals surface area contributed by atoms with Crippen molar-refractivity contribution >= 4 is 16.5 Å². The smallest absolute Gasteiger partial charge is 0.183 e. The Morgan fingerprint density at radius 3 is 3.08 bits per heavy atom. The molecule has 1 radical (unpaired) electrons. The lowest BCUT2D eigenvalue weighted by molar-refractivity contribution is 1.26. The van der Waals surface area contributed by atoms with E-state index in [2.05, 4.69) is 15.3 Å². The largest absolute Gasteiger partial charge is 0.352 e. The topological polar surface area (TPSA) is 37.8 Å². The molecule has 13 heavy (non-hydrogen) atoms. The van der Waals surface area contributed by atoms with E-state index in [0.29, 0.717) is 0 Å². The van der Waals surface area contributed by atoms with Gasteiger partial charge in [-0.05, 0) is 11.6 Å². The molecule has 65 valence electrons. The van der Waals surface area contributed by atoms with Crippen LogP contribution in [0.5, 0.6) is 0 Å². The maximum Gasteiger partial charge on any atom is 0.183 e. The van der Waals surface area contributed by atoms with Crippen molar-refractivity contribution in [2.24, 2.45) is 0 Å². The average molecular weight is 190 g/mol. The van der Waals surface area contributed by atoms with Crippen molar-refractivity contribution in [1.29, 1.82) is 0 Å². The molecule has 0 aliphatic carbocycles. The SMILES string of the molecule is [CH](Nc1nccs1)c1cccnc1. The molecule has 2 aromatic rings. The van der Waals surface area contributed by atoms with Gasteiger partial charge in [-0.3, -0.25) is 4.98 Å². The maximum atomic E-state index is 4.09. The molecular formula is C9H8N3S. The predicted molar refractivity (Wildman–Crippen MR) is 53.4 cm³/mol. The first-order valence-electron chi connectivity index (χ1n) is 3.84. The van der Waals surface area contributed by atoms with E-state index in [9.17, 15) is 0 Å². The van der Waals surface area contributed by atoms with Gasteiger partial charge in [-0.1, -0.05) is 6.07 Å². The number of anilines is 1. The van der Waals surface area contributed by atoms with Gasteiger partial charge in [0.1, 0.15) is 0 Å². The lowest BCUT2D eigenvalue weighted by atomic mass is 10.3. The van der Waals surface area contributed by atoms with E-state index in [1.807, 2.05) is 24.1 Å². The summed E-state index contributed by atoms with van der Waals surface area (Å²) < 4.78 is 0. The molecule has 0 fully saturated rings. The fourth-order valence-electron chi connectivity index (χ4n) is 0.901. The van der Waals surface area contributed by atoms with Gasteiger partial charge in [-0.2, -0.15) is 0 Å². The molecule has 0 unspecified atom stereocenters. The molecule has 0 spiro atoms. The summed E-state index contributed by atoms with van der Waals surface area (Å²) in [5, 5.41) is 5.91. The van der Waals surface area contributed by atoms with Crippen LogP contribution in [0.15, 0.2) is 36.1 Å². The number of hydrogen-bond donors (Lipinski definition) is 1. The van der Waals surface area contributed by atoms with Crippen LogP contribution in [0.3, 0.4) is 0 Å². The van der Waals surface area contributed by atoms with Crippen molar-refractivity contribution in [2.75, 3.05) is 5.32 Å². The summed E-state index contributed by atoms with van der Waals surface area (Å²) in [6.45, 7) is 1.88. The van der Waals surface area contributed by atoms with Crippen LogP contribution in [-0.4, -0.2) is 9.97 Å². The number of nitrogens with one attached hydrogen (secondary N) is 1. The van der Waals surface area contributed by atoms with Gasteiger partial charge >= 0.3 is 0 Å². The minimum atomic E-state index is 0.892. The lowest BCUT2D eigenvalue weighted by Gasteiger charge is -1.99. The number of pyridine rings is 1. The molecule has 0 aliphatic heterocycles. The van der Waals surface area contributed by atoms with Gasteiger partial charge in [0.05, 0.1) is 6.54 Å². The van der Waals surface area contributed by atoms with E-state index in [1.165, 1.54) is 0 Å². The van der Waals surface area contributed by atoms with Crippen LogP contribution in [0.2, 0.25) is 0 Å². The van der Waals surface area contributed by atoms with Gasteiger partial charge in [0.15, 0.2) is 5.13 Å². The highest BCUT2D eigenvalue weighted by Gasteiger charge is 1.94. The molecule has 0 atom stereocenters. The van der Waals surface area contributed by atoms with Crippen molar-refractivity contribution in [3.8, 4) is 0 Å². The molecule has 1 N–H and O–H groups in total. The molecular weight excluding hydrogens is 182 g/mol. The number of hydrogen-bond acceptors (Lipinski definition) is 4. The highest BCUT2D eigenvalue weighted by Crippen LogP contribution is 2.12. The Morgan fingerprint density at radius 1 is 1.38 bits per heavy atom. The Hall–Kier alpha value is -1.42. The normalized spacial score (nSPS) is 9.85. The van der Waals surface area contributed by atoms with Gasteiger partial charge in [-0.15, -0.1) is 11.3 Å². The summed E-state index contributed by atoms with van der Waals surface area (Å²) >= 11 is 1.57. The fraction of sp³-hybridized carbons (Fsp3) is 0. The van der Waals surface area contributed by atoms with Crippen molar-refractivity contribution < 1.29 is 0 Å². The minimum absolute atomic E-state index is 0.892. The summed E-state index contributed by atoms with van der Waals surface area (Å²) in [6, 6.07) is 3.88. The lowest BCUT2D eigenvalue weighted by Crippen LogP contribution is -1.95. The molecule has 3 nitrogen and oxygen atoms in total. The molecule has 4 heteroatoms. The number of aromatic nitrogens is 2. The first kappa shape index (κ1) is 8.19. The maximum absolute atomic E-state index is 4.09. The van der Waals surface area contributed by atoms with Crippen LogP contribution in [0.25, 0.3) is 0 Å².